The van der Waals surface area contributed by atoms with Gasteiger partial charge in [0.1, 0.15) is 0 Å². The van der Waals surface area contributed by atoms with E-state index in [4.69, 9.17) is 11.5 Å². The van der Waals surface area contributed by atoms with Gasteiger partial charge < -0.3 is 16.5 Å². The summed E-state index contributed by atoms with van der Waals surface area (Å²) in [5, 5.41) is 4.98. The maximum atomic E-state index is 11.1. The quantitative estimate of drug-likeness (QED) is 0.478. The summed E-state index contributed by atoms with van der Waals surface area (Å²) in [4.78, 5) is 13.7. The molecular formula is C22H27N5O. The number of fused-ring (bicyclic) bond motifs is 1. The fourth-order valence-corrected chi connectivity index (χ4v) is 2.54. The molecule has 0 spiro atoms. The van der Waals surface area contributed by atoms with Crippen LogP contribution in [0.4, 0.5) is 11.4 Å². The molecule has 2 aromatic carbocycles. The third kappa shape index (κ3) is 4.94. The van der Waals surface area contributed by atoms with E-state index in [1.54, 1.807) is 12.1 Å². The summed E-state index contributed by atoms with van der Waals surface area (Å²) in [5.74, 6) is 0. The van der Waals surface area contributed by atoms with E-state index < -0.39 is 0 Å². The number of pyridine rings is 1. The highest BCUT2D eigenvalue weighted by molar-refractivity contribution is 5.80. The number of nitrogens with zero attached hydrogens (tertiary/aromatic N) is 2. The number of anilines is 2. The third-order valence-corrected chi connectivity index (χ3v) is 4.49. The summed E-state index contributed by atoms with van der Waals surface area (Å²) >= 11 is 0. The molecule has 0 amide bonds. The van der Waals surface area contributed by atoms with E-state index in [9.17, 15) is 4.79 Å². The number of nitrogens with two attached hydrogens (primary N) is 2. The van der Waals surface area contributed by atoms with E-state index >= 15 is 0 Å². The largest absolute Gasteiger partial charge is 0.397 e. The molecule has 146 valence electrons. The molecule has 0 radical (unpaired) electrons. The number of H-pyrrole nitrogens is 1. The number of hydrogen-bond acceptors (Lipinski definition) is 5. The van der Waals surface area contributed by atoms with E-state index in [-0.39, 0.29) is 11.2 Å². The predicted molar refractivity (Wildman–Crippen MR) is 119 cm³/mol. The number of aromatic nitrogens is 1. The number of nitrogens with one attached hydrogen (secondary N) is 1. The summed E-state index contributed by atoms with van der Waals surface area (Å²) in [6, 6.07) is 19.3. The van der Waals surface area contributed by atoms with Gasteiger partial charge >= 0.3 is 0 Å². The van der Waals surface area contributed by atoms with Crippen molar-refractivity contribution in [2.75, 3.05) is 24.8 Å². The second kappa shape index (κ2) is 9.32. The van der Waals surface area contributed by atoms with E-state index in [0.717, 1.165) is 22.3 Å². The Morgan fingerprint density at radius 1 is 1.07 bits per heavy atom. The van der Waals surface area contributed by atoms with Gasteiger partial charge in [0.05, 0.1) is 22.8 Å². The monoisotopic (exact) mass is 377 g/mol. The standard InChI is InChI=1S/C13H19N3.C9H8N2O/c1-5-13(14)11(2)15(3)16(4)12-9-7-6-8-10-12;10-7-5-6-3-1-2-4-8(6)11-9(7)12/h5-10H,1,14H2,2-4H3;1-5H,10H2,(H,11,12)/b13-11+;. The molecule has 3 aromatic rings. The molecule has 0 aliphatic carbocycles. The summed E-state index contributed by atoms with van der Waals surface area (Å²) in [7, 11) is 3.97. The molecule has 0 aliphatic heterocycles. The van der Waals surface area contributed by atoms with Crippen molar-refractivity contribution in [1.29, 1.82) is 0 Å². The molecule has 0 fully saturated rings. The Kier molecular flexibility index (Phi) is 6.87. The fourth-order valence-electron chi connectivity index (χ4n) is 2.54. The summed E-state index contributed by atoms with van der Waals surface area (Å²) < 4.78 is 0. The highest BCUT2D eigenvalue weighted by Crippen LogP contribution is 2.16. The average molecular weight is 377 g/mol. The first-order chi connectivity index (χ1) is 13.3. The number of hydrazine groups is 1. The van der Waals surface area contributed by atoms with Crippen LogP contribution in [0.1, 0.15) is 6.92 Å². The van der Waals surface area contributed by atoms with Crippen LogP contribution in [0.2, 0.25) is 0 Å². The van der Waals surface area contributed by atoms with Crippen molar-refractivity contribution in [3.8, 4) is 0 Å². The SMILES string of the molecule is C=C/C(N)=C(/C)N(C)N(C)c1ccccc1.Nc1cc2ccccc2[nH]c1=O. The first-order valence-electron chi connectivity index (χ1n) is 8.84. The second-order valence-corrected chi connectivity index (χ2v) is 6.27. The van der Waals surface area contributed by atoms with Gasteiger partial charge in [0.15, 0.2) is 0 Å². The van der Waals surface area contributed by atoms with Crippen LogP contribution < -0.4 is 22.0 Å². The van der Waals surface area contributed by atoms with Gasteiger partial charge in [-0.1, -0.05) is 43.0 Å². The minimum atomic E-state index is -0.228. The maximum absolute atomic E-state index is 11.1. The van der Waals surface area contributed by atoms with E-state index in [0.29, 0.717) is 5.70 Å². The molecule has 6 heteroatoms. The lowest BCUT2D eigenvalue weighted by atomic mass is 10.2. The molecule has 0 bridgehead atoms. The zero-order valence-corrected chi connectivity index (χ0v) is 16.5. The Bertz CT molecular complexity index is 1020. The van der Waals surface area contributed by atoms with Gasteiger partial charge in [-0.25, -0.2) is 0 Å². The Balaban J connectivity index is 0.000000207. The van der Waals surface area contributed by atoms with Gasteiger partial charge in [-0.05, 0) is 37.3 Å². The summed E-state index contributed by atoms with van der Waals surface area (Å²) in [5.41, 5.74) is 14.9. The molecule has 0 aliphatic rings. The molecule has 6 nitrogen and oxygen atoms in total. The molecule has 1 heterocycles. The Labute approximate surface area is 165 Å². The van der Waals surface area contributed by atoms with Gasteiger partial charge in [-0.2, -0.15) is 0 Å². The van der Waals surface area contributed by atoms with E-state index in [2.05, 4.69) is 11.6 Å². The first kappa shape index (κ1) is 20.6. The lowest BCUT2D eigenvalue weighted by molar-refractivity contribution is 0.403. The van der Waals surface area contributed by atoms with Gasteiger partial charge in [-0.15, -0.1) is 0 Å². The molecule has 0 saturated heterocycles. The van der Waals surface area contributed by atoms with Crippen molar-refractivity contribution in [2.45, 2.75) is 6.92 Å². The van der Waals surface area contributed by atoms with Crippen molar-refractivity contribution in [3.63, 3.8) is 0 Å². The van der Waals surface area contributed by atoms with Crippen LogP contribution in [-0.4, -0.2) is 24.1 Å². The topological polar surface area (TPSA) is 91.4 Å². The fraction of sp³-hybridized carbons (Fsp3) is 0.136. The molecule has 3 rings (SSSR count). The predicted octanol–water partition coefficient (Wildman–Crippen LogP) is 3.46. The van der Waals surface area contributed by atoms with Crippen molar-refractivity contribution in [2.24, 2.45) is 5.73 Å². The Morgan fingerprint density at radius 2 is 1.68 bits per heavy atom. The van der Waals surface area contributed by atoms with Gasteiger partial charge in [0.25, 0.3) is 5.56 Å². The molecule has 0 atom stereocenters. The second-order valence-electron chi connectivity index (χ2n) is 6.27. The molecule has 0 saturated carbocycles. The lowest BCUT2D eigenvalue weighted by Gasteiger charge is -2.33. The normalized spacial score (nSPS) is 11.1. The zero-order valence-electron chi connectivity index (χ0n) is 16.5. The maximum Gasteiger partial charge on any atom is 0.271 e. The van der Waals surface area contributed by atoms with E-state index in [1.165, 1.54) is 0 Å². The average Bonchev–Trinajstić information content (AvgIpc) is 2.73. The molecular weight excluding hydrogens is 350 g/mol. The lowest BCUT2D eigenvalue weighted by Crippen LogP contribution is -2.36. The number of rotatable bonds is 4. The molecule has 1 aromatic heterocycles. The number of nitrogen functional groups attached to an aromatic ring is 1. The summed E-state index contributed by atoms with van der Waals surface area (Å²) in [6.45, 7) is 5.64. The van der Waals surface area contributed by atoms with Crippen molar-refractivity contribution >= 4 is 22.3 Å². The number of aromatic amines is 1. The van der Waals surface area contributed by atoms with Crippen LogP contribution in [0.25, 0.3) is 10.9 Å². The van der Waals surface area contributed by atoms with Crippen molar-refractivity contribution < 1.29 is 0 Å². The molecule has 28 heavy (non-hydrogen) atoms. The number of benzene rings is 2. The van der Waals surface area contributed by atoms with Gasteiger partial charge in [-0.3, -0.25) is 14.8 Å². The van der Waals surface area contributed by atoms with Crippen molar-refractivity contribution in [3.05, 3.63) is 95.1 Å². The minimum absolute atomic E-state index is 0.228. The van der Waals surface area contributed by atoms with Crippen LogP contribution in [0.5, 0.6) is 0 Å². The number of hydrogen-bond donors (Lipinski definition) is 3. The first-order valence-corrected chi connectivity index (χ1v) is 8.84. The Morgan fingerprint density at radius 3 is 2.32 bits per heavy atom. The van der Waals surface area contributed by atoms with Crippen LogP contribution in [-0.2, 0) is 0 Å². The summed E-state index contributed by atoms with van der Waals surface area (Å²) in [6.07, 6.45) is 1.66. The smallest absolute Gasteiger partial charge is 0.271 e. The van der Waals surface area contributed by atoms with Crippen LogP contribution in [0.15, 0.2) is 89.5 Å². The van der Waals surface area contributed by atoms with Gasteiger partial charge in [0.2, 0.25) is 0 Å². The van der Waals surface area contributed by atoms with Crippen LogP contribution in [0, 0.1) is 0 Å². The number of allylic oxidation sites excluding steroid dienone is 2. The minimum Gasteiger partial charge on any atom is -0.397 e. The molecule has 0 unspecified atom stereocenters. The zero-order chi connectivity index (χ0) is 20.7. The van der Waals surface area contributed by atoms with E-state index in [1.807, 2.05) is 85.6 Å². The van der Waals surface area contributed by atoms with Gasteiger partial charge in [0, 0.05) is 25.0 Å². The highest BCUT2D eigenvalue weighted by Gasteiger charge is 2.08. The van der Waals surface area contributed by atoms with Crippen LogP contribution >= 0.6 is 0 Å². The third-order valence-electron chi connectivity index (χ3n) is 4.49. The molecule has 5 N–H and O–H groups in total. The van der Waals surface area contributed by atoms with Crippen LogP contribution in [0.3, 0.4) is 0 Å². The number of para-hydroxylation sites is 2. The highest BCUT2D eigenvalue weighted by atomic mass is 16.1. The Hall–Kier alpha value is -3.67. The van der Waals surface area contributed by atoms with Crippen molar-refractivity contribution in [1.82, 2.24) is 9.99 Å².